The van der Waals surface area contributed by atoms with Crippen molar-refractivity contribution in [1.82, 2.24) is 4.98 Å². The SMILES string of the molecule is CCC/C(N=Nc1nc2ccccc2s1)=N/Nc1ccc(Br)cc1. The summed E-state index contributed by atoms with van der Waals surface area (Å²) in [6, 6.07) is 15.8. The summed E-state index contributed by atoms with van der Waals surface area (Å²) in [5.74, 6) is 0.652. The summed E-state index contributed by atoms with van der Waals surface area (Å²) in [5.41, 5.74) is 4.86. The summed E-state index contributed by atoms with van der Waals surface area (Å²) >= 11 is 4.93. The number of anilines is 1. The Bertz CT molecular complexity index is 837. The fourth-order valence-corrected chi connectivity index (χ4v) is 3.06. The minimum absolute atomic E-state index is 0.642. The number of aromatic nitrogens is 1. The first-order valence-electron chi connectivity index (χ1n) is 7.60. The molecule has 24 heavy (non-hydrogen) atoms. The van der Waals surface area contributed by atoms with Crippen LogP contribution in [0.25, 0.3) is 10.2 Å². The third kappa shape index (κ3) is 4.46. The lowest BCUT2D eigenvalue weighted by Crippen LogP contribution is -1.98. The zero-order chi connectivity index (χ0) is 16.8. The molecule has 0 atom stereocenters. The molecular formula is C17H16BrN5S. The second-order valence-corrected chi connectivity index (χ2v) is 6.99. The van der Waals surface area contributed by atoms with Gasteiger partial charge in [-0.2, -0.15) is 5.10 Å². The van der Waals surface area contributed by atoms with E-state index in [9.17, 15) is 0 Å². The van der Waals surface area contributed by atoms with Crippen LogP contribution in [0.4, 0.5) is 10.8 Å². The number of nitrogens with zero attached hydrogens (tertiary/aromatic N) is 4. The molecule has 0 radical (unpaired) electrons. The minimum atomic E-state index is 0.642. The number of hydrogen-bond acceptors (Lipinski definition) is 5. The lowest BCUT2D eigenvalue weighted by molar-refractivity contribution is 0.966. The van der Waals surface area contributed by atoms with Gasteiger partial charge in [-0.25, -0.2) is 4.98 Å². The fourth-order valence-electron chi connectivity index (χ4n) is 2.01. The van der Waals surface area contributed by atoms with Gasteiger partial charge in [0.05, 0.1) is 15.9 Å². The van der Waals surface area contributed by atoms with Crippen molar-refractivity contribution >= 4 is 54.1 Å². The molecule has 0 spiro atoms. The molecule has 0 aliphatic heterocycles. The van der Waals surface area contributed by atoms with Gasteiger partial charge in [0, 0.05) is 10.9 Å². The highest BCUT2D eigenvalue weighted by Gasteiger charge is 2.02. The summed E-state index contributed by atoms with van der Waals surface area (Å²) in [6.07, 6.45) is 1.69. The first-order chi connectivity index (χ1) is 11.7. The van der Waals surface area contributed by atoms with E-state index in [1.165, 1.54) is 11.3 Å². The molecule has 0 saturated carbocycles. The zero-order valence-corrected chi connectivity index (χ0v) is 15.5. The van der Waals surface area contributed by atoms with Crippen LogP contribution >= 0.6 is 27.3 Å². The molecular weight excluding hydrogens is 386 g/mol. The average molecular weight is 402 g/mol. The van der Waals surface area contributed by atoms with Crippen LogP contribution in [0.15, 0.2) is 68.3 Å². The summed E-state index contributed by atoms with van der Waals surface area (Å²) in [4.78, 5) is 4.45. The van der Waals surface area contributed by atoms with Gasteiger partial charge in [0.1, 0.15) is 0 Å². The lowest BCUT2D eigenvalue weighted by atomic mass is 10.3. The molecule has 1 heterocycles. The van der Waals surface area contributed by atoms with Crippen molar-refractivity contribution < 1.29 is 0 Å². The topological polar surface area (TPSA) is 62.0 Å². The van der Waals surface area contributed by atoms with Gasteiger partial charge in [0.2, 0.25) is 5.13 Å². The Kier molecular flexibility index (Phi) is 5.66. The highest BCUT2D eigenvalue weighted by Crippen LogP contribution is 2.27. The fraction of sp³-hybridized carbons (Fsp3) is 0.176. The second-order valence-electron chi connectivity index (χ2n) is 5.06. The van der Waals surface area contributed by atoms with Crippen LogP contribution in [-0.2, 0) is 0 Å². The Morgan fingerprint density at radius 1 is 1.17 bits per heavy atom. The largest absolute Gasteiger partial charge is 0.277 e. The van der Waals surface area contributed by atoms with Gasteiger partial charge in [-0.15, -0.1) is 10.2 Å². The molecule has 1 aromatic heterocycles. The molecule has 5 nitrogen and oxygen atoms in total. The normalized spacial score (nSPS) is 12.2. The molecule has 0 fully saturated rings. The first-order valence-corrected chi connectivity index (χ1v) is 9.21. The van der Waals surface area contributed by atoms with Crippen molar-refractivity contribution in [3.8, 4) is 0 Å². The molecule has 0 bridgehead atoms. The molecule has 3 rings (SSSR count). The quantitative estimate of drug-likeness (QED) is 0.233. The van der Waals surface area contributed by atoms with E-state index in [0.29, 0.717) is 11.0 Å². The van der Waals surface area contributed by atoms with Crippen LogP contribution in [0.5, 0.6) is 0 Å². The maximum atomic E-state index is 4.45. The molecule has 0 aliphatic rings. The van der Waals surface area contributed by atoms with Gasteiger partial charge in [-0.1, -0.05) is 46.3 Å². The van der Waals surface area contributed by atoms with E-state index in [4.69, 9.17) is 0 Å². The molecule has 7 heteroatoms. The van der Waals surface area contributed by atoms with Crippen molar-refractivity contribution in [2.24, 2.45) is 15.3 Å². The van der Waals surface area contributed by atoms with E-state index in [1.54, 1.807) is 0 Å². The number of thiazole rings is 1. The lowest BCUT2D eigenvalue weighted by Gasteiger charge is -2.02. The van der Waals surface area contributed by atoms with E-state index < -0.39 is 0 Å². The maximum absolute atomic E-state index is 4.45. The van der Waals surface area contributed by atoms with Gasteiger partial charge < -0.3 is 0 Å². The third-order valence-electron chi connectivity index (χ3n) is 3.17. The predicted octanol–water partition coefficient (Wildman–Crippen LogP) is 6.37. The van der Waals surface area contributed by atoms with Gasteiger partial charge in [-0.05, 0) is 42.8 Å². The summed E-state index contributed by atoms with van der Waals surface area (Å²) in [5, 5.41) is 13.5. The summed E-state index contributed by atoms with van der Waals surface area (Å²) < 4.78 is 2.13. The smallest absolute Gasteiger partial charge is 0.231 e. The van der Waals surface area contributed by atoms with Gasteiger partial charge in [0.15, 0.2) is 5.84 Å². The van der Waals surface area contributed by atoms with Crippen LogP contribution in [0.3, 0.4) is 0 Å². The Morgan fingerprint density at radius 2 is 1.96 bits per heavy atom. The van der Waals surface area contributed by atoms with Crippen molar-refractivity contribution in [1.29, 1.82) is 0 Å². The zero-order valence-electron chi connectivity index (χ0n) is 13.1. The van der Waals surface area contributed by atoms with Crippen molar-refractivity contribution in [3.05, 3.63) is 53.0 Å². The molecule has 122 valence electrons. The summed E-state index contributed by atoms with van der Waals surface area (Å²) in [6.45, 7) is 2.09. The number of nitrogens with one attached hydrogen (secondary N) is 1. The number of hydrogen-bond donors (Lipinski definition) is 1. The van der Waals surface area contributed by atoms with Gasteiger partial charge in [0.25, 0.3) is 0 Å². The molecule has 0 amide bonds. The number of halogens is 1. The van der Waals surface area contributed by atoms with Crippen molar-refractivity contribution in [2.75, 3.05) is 5.43 Å². The molecule has 0 aliphatic carbocycles. The van der Waals surface area contributed by atoms with E-state index in [0.717, 1.165) is 33.2 Å². The molecule has 0 saturated heterocycles. The molecule has 1 N–H and O–H groups in total. The van der Waals surface area contributed by atoms with Gasteiger partial charge in [-0.3, -0.25) is 5.43 Å². The van der Waals surface area contributed by atoms with E-state index in [-0.39, 0.29) is 0 Å². The van der Waals surface area contributed by atoms with Crippen molar-refractivity contribution in [3.63, 3.8) is 0 Å². The highest BCUT2D eigenvalue weighted by atomic mass is 79.9. The van der Waals surface area contributed by atoms with Crippen LogP contribution in [-0.4, -0.2) is 10.8 Å². The Labute approximate surface area is 152 Å². The minimum Gasteiger partial charge on any atom is -0.277 e. The number of hydrazone groups is 1. The maximum Gasteiger partial charge on any atom is 0.231 e. The molecule has 2 aromatic carbocycles. The highest BCUT2D eigenvalue weighted by molar-refractivity contribution is 9.10. The number of para-hydroxylation sites is 1. The molecule has 3 aromatic rings. The Balaban J connectivity index is 1.74. The second kappa shape index (κ2) is 8.12. The van der Waals surface area contributed by atoms with E-state index in [1.807, 2.05) is 48.5 Å². The third-order valence-corrected chi connectivity index (χ3v) is 4.61. The number of amidine groups is 1. The van der Waals surface area contributed by atoms with Crippen LogP contribution in [0.2, 0.25) is 0 Å². The predicted molar refractivity (Wildman–Crippen MR) is 104 cm³/mol. The Morgan fingerprint density at radius 3 is 2.71 bits per heavy atom. The first kappa shape index (κ1) is 16.7. The van der Waals surface area contributed by atoms with Crippen molar-refractivity contribution in [2.45, 2.75) is 19.8 Å². The monoisotopic (exact) mass is 401 g/mol. The average Bonchev–Trinajstić information content (AvgIpc) is 3.02. The van der Waals surface area contributed by atoms with Gasteiger partial charge >= 0.3 is 0 Å². The molecule has 0 unspecified atom stereocenters. The van der Waals surface area contributed by atoms with Crippen LogP contribution < -0.4 is 5.43 Å². The number of fused-ring (bicyclic) bond motifs is 1. The van der Waals surface area contributed by atoms with E-state index in [2.05, 4.69) is 48.6 Å². The number of rotatable bonds is 5. The van der Waals surface area contributed by atoms with Crippen LogP contribution in [0, 0.1) is 0 Å². The Hall–Kier alpha value is -2.12. The number of benzene rings is 2. The number of azo groups is 1. The summed E-state index contributed by atoms with van der Waals surface area (Å²) in [7, 11) is 0. The van der Waals surface area contributed by atoms with Crippen LogP contribution in [0.1, 0.15) is 19.8 Å². The standard InChI is InChI=1S/C17H16BrN5S/c1-2-5-16(21-20-13-10-8-12(18)9-11-13)22-23-17-19-14-6-3-4-7-15(14)24-17/h3-4,6-11,20H,2,5H2,1H3/b21-16-,23-22?. The van der Waals surface area contributed by atoms with E-state index >= 15 is 0 Å².